The number of rotatable bonds is 5. The van der Waals surface area contributed by atoms with Gasteiger partial charge in [-0.25, -0.2) is 0 Å². The summed E-state index contributed by atoms with van der Waals surface area (Å²) in [4.78, 5) is 12.8. The third-order valence-corrected chi connectivity index (χ3v) is 4.97. The van der Waals surface area contributed by atoms with E-state index in [1.165, 1.54) is 6.26 Å². The standard InChI is InChI=1S/C23H17BrO4/c1-26-18-4-2-3-15(11-18)13-27-19-9-10-20-22(12-19)28-14-21(23(20)25)16-5-7-17(24)8-6-16/h2-12,14H,13H2,1H3. The number of methoxy groups -OCH3 is 1. The van der Waals surface area contributed by atoms with Crippen LogP contribution < -0.4 is 14.9 Å². The summed E-state index contributed by atoms with van der Waals surface area (Å²) in [7, 11) is 1.63. The summed E-state index contributed by atoms with van der Waals surface area (Å²) >= 11 is 3.40. The molecule has 1 aromatic heterocycles. The zero-order valence-corrected chi connectivity index (χ0v) is 16.7. The molecule has 0 saturated heterocycles. The lowest BCUT2D eigenvalue weighted by molar-refractivity contribution is 0.305. The molecule has 0 amide bonds. The smallest absolute Gasteiger partial charge is 0.200 e. The van der Waals surface area contributed by atoms with Crippen LogP contribution in [0.5, 0.6) is 11.5 Å². The van der Waals surface area contributed by atoms with Gasteiger partial charge in [0.1, 0.15) is 30.0 Å². The number of halogens is 1. The van der Waals surface area contributed by atoms with Crippen LogP contribution in [0.4, 0.5) is 0 Å². The van der Waals surface area contributed by atoms with Gasteiger partial charge in [-0.15, -0.1) is 0 Å². The van der Waals surface area contributed by atoms with E-state index in [-0.39, 0.29) is 5.43 Å². The maximum atomic E-state index is 12.8. The lowest BCUT2D eigenvalue weighted by atomic mass is 10.1. The van der Waals surface area contributed by atoms with E-state index in [9.17, 15) is 4.79 Å². The monoisotopic (exact) mass is 436 g/mol. The Bertz CT molecular complexity index is 1180. The molecule has 1 heterocycles. The molecular formula is C23H17BrO4. The van der Waals surface area contributed by atoms with Gasteiger partial charge in [0.05, 0.1) is 18.1 Å². The van der Waals surface area contributed by atoms with Crippen LogP contribution in [0, 0.1) is 0 Å². The molecule has 0 aliphatic heterocycles. The average Bonchev–Trinajstić information content (AvgIpc) is 2.73. The molecule has 28 heavy (non-hydrogen) atoms. The van der Waals surface area contributed by atoms with E-state index in [0.717, 1.165) is 21.3 Å². The molecule has 140 valence electrons. The Labute approximate surface area is 170 Å². The molecule has 0 spiro atoms. The van der Waals surface area contributed by atoms with Crippen LogP contribution in [0.15, 0.2) is 86.7 Å². The summed E-state index contributed by atoms with van der Waals surface area (Å²) < 4.78 is 17.8. The van der Waals surface area contributed by atoms with Crippen LogP contribution in [-0.4, -0.2) is 7.11 Å². The van der Waals surface area contributed by atoms with Crippen molar-refractivity contribution >= 4 is 26.9 Å². The molecule has 0 saturated carbocycles. The number of fused-ring (bicyclic) bond motifs is 1. The first-order valence-corrected chi connectivity index (χ1v) is 9.50. The van der Waals surface area contributed by atoms with Gasteiger partial charge in [0.25, 0.3) is 0 Å². The normalized spacial score (nSPS) is 10.8. The molecule has 0 aliphatic carbocycles. The maximum Gasteiger partial charge on any atom is 0.200 e. The average molecular weight is 437 g/mol. The van der Waals surface area contributed by atoms with Gasteiger partial charge in [-0.3, -0.25) is 4.79 Å². The Morgan fingerprint density at radius 2 is 1.79 bits per heavy atom. The van der Waals surface area contributed by atoms with Crippen molar-refractivity contribution in [3.8, 4) is 22.6 Å². The summed E-state index contributed by atoms with van der Waals surface area (Å²) in [5.41, 5.74) is 2.77. The van der Waals surface area contributed by atoms with Gasteiger partial charge in [-0.05, 0) is 47.5 Å². The van der Waals surface area contributed by atoms with E-state index < -0.39 is 0 Å². The van der Waals surface area contributed by atoms with E-state index in [0.29, 0.717) is 28.9 Å². The van der Waals surface area contributed by atoms with Gasteiger partial charge >= 0.3 is 0 Å². The Balaban J connectivity index is 1.60. The fraction of sp³-hybridized carbons (Fsp3) is 0.0870. The van der Waals surface area contributed by atoms with E-state index in [1.54, 1.807) is 25.3 Å². The van der Waals surface area contributed by atoms with Crippen molar-refractivity contribution in [2.24, 2.45) is 0 Å². The molecule has 0 unspecified atom stereocenters. The summed E-state index contributed by atoms with van der Waals surface area (Å²) in [5.74, 6) is 1.42. The quantitative estimate of drug-likeness (QED) is 0.396. The highest BCUT2D eigenvalue weighted by Gasteiger charge is 2.10. The van der Waals surface area contributed by atoms with Gasteiger partial charge in [-0.2, -0.15) is 0 Å². The number of benzene rings is 3. The first-order chi connectivity index (χ1) is 13.6. The van der Waals surface area contributed by atoms with Crippen molar-refractivity contribution in [2.75, 3.05) is 7.11 Å². The minimum atomic E-state index is -0.0667. The van der Waals surface area contributed by atoms with Crippen LogP contribution in [0.3, 0.4) is 0 Å². The van der Waals surface area contributed by atoms with Crippen molar-refractivity contribution in [2.45, 2.75) is 6.61 Å². The molecule has 0 N–H and O–H groups in total. The number of hydrogen-bond acceptors (Lipinski definition) is 4. The fourth-order valence-electron chi connectivity index (χ4n) is 2.96. The maximum absolute atomic E-state index is 12.8. The Hall–Kier alpha value is -3.05. The fourth-order valence-corrected chi connectivity index (χ4v) is 3.22. The first-order valence-electron chi connectivity index (χ1n) is 8.71. The highest BCUT2D eigenvalue weighted by atomic mass is 79.9. The van der Waals surface area contributed by atoms with Crippen LogP contribution in [0.1, 0.15) is 5.56 Å². The molecule has 0 bridgehead atoms. The van der Waals surface area contributed by atoms with Gasteiger partial charge in [0, 0.05) is 10.5 Å². The minimum absolute atomic E-state index is 0.0667. The van der Waals surface area contributed by atoms with Crippen LogP contribution in [0.2, 0.25) is 0 Å². The summed E-state index contributed by atoms with van der Waals surface area (Å²) in [6.07, 6.45) is 1.50. The van der Waals surface area contributed by atoms with Crippen molar-refractivity contribution in [1.82, 2.24) is 0 Å². The molecule has 3 aromatic carbocycles. The van der Waals surface area contributed by atoms with E-state index >= 15 is 0 Å². The Kier molecular flexibility index (Phi) is 5.17. The second kappa shape index (κ2) is 7.90. The van der Waals surface area contributed by atoms with E-state index in [4.69, 9.17) is 13.9 Å². The second-order valence-corrected chi connectivity index (χ2v) is 7.20. The molecule has 4 aromatic rings. The third kappa shape index (κ3) is 3.80. The van der Waals surface area contributed by atoms with E-state index in [2.05, 4.69) is 15.9 Å². The molecular weight excluding hydrogens is 420 g/mol. The number of ether oxygens (including phenoxy) is 2. The highest BCUT2D eigenvalue weighted by Crippen LogP contribution is 2.25. The highest BCUT2D eigenvalue weighted by molar-refractivity contribution is 9.10. The molecule has 5 heteroatoms. The molecule has 0 atom stereocenters. The zero-order chi connectivity index (χ0) is 19.5. The van der Waals surface area contributed by atoms with Crippen molar-refractivity contribution < 1.29 is 13.9 Å². The molecule has 0 radical (unpaired) electrons. The van der Waals surface area contributed by atoms with E-state index in [1.807, 2.05) is 48.5 Å². The first kappa shape index (κ1) is 18.3. The lowest BCUT2D eigenvalue weighted by Gasteiger charge is -2.09. The Morgan fingerprint density at radius 1 is 0.964 bits per heavy atom. The SMILES string of the molecule is COc1cccc(COc2ccc3c(=O)c(-c4ccc(Br)cc4)coc3c2)c1. The van der Waals surface area contributed by atoms with Gasteiger partial charge in [0.15, 0.2) is 5.43 Å². The number of hydrogen-bond donors (Lipinski definition) is 0. The van der Waals surface area contributed by atoms with Crippen LogP contribution >= 0.6 is 15.9 Å². The van der Waals surface area contributed by atoms with Crippen molar-refractivity contribution in [3.05, 3.63) is 93.3 Å². The van der Waals surface area contributed by atoms with Crippen molar-refractivity contribution in [1.29, 1.82) is 0 Å². The second-order valence-electron chi connectivity index (χ2n) is 6.28. The predicted octanol–water partition coefficient (Wildman–Crippen LogP) is 5.81. The van der Waals surface area contributed by atoms with Crippen LogP contribution in [0.25, 0.3) is 22.1 Å². The lowest BCUT2D eigenvalue weighted by Crippen LogP contribution is -2.05. The minimum Gasteiger partial charge on any atom is -0.497 e. The molecule has 0 fully saturated rings. The van der Waals surface area contributed by atoms with Gasteiger partial charge < -0.3 is 13.9 Å². The summed E-state index contributed by atoms with van der Waals surface area (Å²) in [6.45, 7) is 0.393. The summed E-state index contributed by atoms with van der Waals surface area (Å²) in [6, 6.07) is 20.5. The van der Waals surface area contributed by atoms with Crippen LogP contribution in [-0.2, 0) is 6.61 Å². The topological polar surface area (TPSA) is 48.7 Å². The summed E-state index contributed by atoms with van der Waals surface area (Å²) in [5, 5.41) is 0.522. The van der Waals surface area contributed by atoms with Gasteiger partial charge in [-0.1, -0.05) is 40.2 Å². The molecule has 4 rings (SSSR count). The predicted molar refractivity (Wildman–Crippen MR) is 113 cm³/mol. The molecule has 0 aliphatic rings. The van der Waals surface area contributed by atoms with Gasteiger partial charge in [0.2, 0.25) is 0 Å². The van der Waals surface area contributed by atoms with Crippen molar-refractivity contribution in [3.63, 3.8) is 0 Å². The third-order valence-electron chi connectivity index (χ3n) is 4.44. The molecule has 4 nitrogen and oxygen atoms in total. The zero-order valence-electron chi connectivity index (χ0n) is 15.1. The largest absolute Gasteiger partial charge is 0.497 e. The Morgan fingerprint density at radius 3 is 2.57 bits per heavy atom.